The third-order valence-corrected chi connectivity index (χ3v) is 4.31. The highest BCUT2D eigenvalue weighted by molar-refractivity contribution is 5.77. The van der Waals surface area contributed by atoms with Crippen LogP contribution in [0, 0.1) is 12.7 Å². The predicted octanol–water partition coefficient (Wildman–Crippen LogP) is 1.55. The van der Waals surface area contributed by atoms with E-state index in [2.05, 4.69) is 19.9 Å². The molecule has 1 aliphatic heterocycles. The van der Waals surface area contributed by atoms with Crippen molar-refractivity contribution < 1.29 is 18.4 Å². The number of aryl methyl sites for hydroxylation is 1. The van der Waals surface area contributed by atoms with E-state index in [1.54, 1.807) is 19.1 Å². The molecule has 0 bridgehead atoms. The molecular weight excluding hydrogens is 327 g/mol. The van der Waals surface area contributed by atoms with Gasteiger partial charge in [0.15, 0.2) is 5.82 Å². The molecule has 8 heteroatoms. The Morgan fingerprint density at radius 2 is 1.96 bits per heavy atom. The summed E-state index contributed by atoms with van der Waals surface area (Å²) in [5, 5.41) is 3.79. The molecule has 2 heterocycles. The highest BCUT2D eigenvalue weighted by atomic mass is 19.1. The summed E-state index contributed by atoms with van der Waals surface area (Å²) in [5.74, 6) is 0.546. The number of hydrogen-bond acceptors (Lipinski definition) is 7. The summed E-state index contributed by atoms with van der Waals surface area (Å²) in [4.78, 5) is 20.7. The van der Waals surface area contributed by atoms with Gasteiger partial charge in [0.1, 0.15) is 11.9 Å². The number of ether oxygens (including phenoxy) is 1. The van der Waals surface area contributed by atoms with Crippen LogP contribution in [-0.2, 0) is 16.1 Å². The minimum absolute atomic E-state index is 0.327. The number of carbonyl (C=O) groups excluding carboxylic acids is 1. The Morgan fingerprint density at radius 1 is 1.28 bits per heavy atom. The number of benzene rings is 1. The smallest absolute Gasteiger partial charge is 0.327 e. The Balaban J connectivity index is 1.65. The first-order valence-electron chi connectivity index (χ1n) is 8.15. The summed E-state index contributed by atoms with van der Waals surface area (Å²) in [6.45, 7) is 5.27. The van der Waals surface area contributed by atoms with Crippen molar-refractivity contribution in [3.63, 3.8) is 0 Å². The second-order valence-corrected chi connectivity index (χ2v) is 6.02. The lowest BCUT2D eigenvalue weighted by molar-refractivity contribution is -0.148. The van der Waals surface area contributed by atoms with Gasteiger partial charge in [-0.3, -0.25) is 9.80 Å². The van der Waals surface area contributed by atoms with E-state index >= 15 is 0 Å². The zero-order valence-corrected chi connectivity index (χ0v) is 14.3. The van der Waals surface area contributed by atoms with Gasteiger partial charge >= 0.3 is 5.97 Å². The van der Waals surface area contributed by atoms with Gasteiger partial charge in [-0.15, -0.1) is 0 Å². The summed E-state index contributed by atoms with van der Waals surface area (Å²) in [6.07, 6.45) is 0. The molecule has 1 aliphatic rings. The van der Waals surface area contributed by atoms with Crippen LogP contribution >= 0.6 is 0 Å². The molecule has 3 rings (SSSR count). The summed E-state index contributed by atoms with van der Waals surface area (Å²) < 4.78 is 23.3. The van der Waals surface area contributed by atoms with E-state index < -0.39 is 6.04 Å². The standard InChI is InChI=1S/C17H21FN4O3/c1-12-19-15(25-20-12)11-21-7-9-22(10-8-21)16(17(23)24-2)13-3-5-14(18)6-4-13/h3-6,16H,7-11H2,1-2H3/t16-/m1/s1. The molecule has 0 spiro atoms. The van der Waals surface area contributed by atoms with Crippen LogP contribution in [0.4, 0.5) is 4.39 Å². The van der Waals surface area contributed by atoms with Gasteiger partial charge in [0, 0.05) is 26.2 Å². The van der Waals surface area contributed by atoms with E-state index in [1.807, 2.05) is 0 Å². The molecule has 0 saturated carbocycles. The second kappa shape index (κ2) is 7.71. The fraction of sp³-hybridized carbons (Fsp3) is 0.471. The second-order valence-electron chi connectivity index (χ2n) is 6.02. The van der Waals surface area contributed by atoms with Crippen molar-refractivity contribution in [2.24, 2.45) is 0 Å². The topological polar surface area (TPSA) is 71.7 Å². The molecule has 1 saturated heterocycles. The molecular formula is C17H21FN4O3. The lowest BCUT2D eigenvalue weighted by Gasteiger charge is -2.37. The van der Waals surface area contributed by atoms with Crippen molar-refractivity contribution in [3.05, 3.63) is 47.4 Å². The number of nitrogens with zero attached hydrogens (tertiary/aromatic N) is 4. The summed E-state index contributed by atoms with van der Waals surface area (Å²) >= 11 is 0. The van der Waals surface area contributed by atoms with Crippen LogP contribution in [0.3, 0.4) is 0 Å². The van der Waals surface area contributed by atoms with Crippen molar-refractivity contribution in [2.75, 3.05) is 33.3 Å². The lowest BCUT2D eigenvalue weighted by Crippen LogP contribution is -2.49. The average molecular weight is 348 g/mol. The van der Waals surface area contributed by atoms with Gasteiger partial charge < -0.3 is 9.26 Å². The number of rotatable bonds is 5. The maximum Gasteiger partial charge on any atom is 0.327 e. The number of aromatic nitrogens is 2. The van der Waals surface area contributed by atoms with Gasteiger partial charge in [-0.25, -0.2) is 9.18 Å². The van der Waals surface area contributed by atoms with Crippen molar-refractivity contribution in [3.8, 4) is 0 Å². The van der Waals surface area contributed by atoms with Crippen molar-refractivity contribution in [1.29, 1.82) is 0 Å². The van der Waals surface area contributed by atoms with Crippen LogP contribution in [0.2, 0.25) is 0 Å². The molecule has 1 fully saturated rings. The quantitative estimate of drug-likeness (QED) is 0.759. The zero-order chi connectivity index (χ0) is 17.8. The number of piperazine rings is 1. The third-order valence-electron chi connectivity index (χ3n) is 4.31. The van der Waals surface area contributed by atoms with Gasteiger partial charge in [0.25, 0.3) is 0 Å². The first-order valence-corrected chi connectivity index (χ1v) is 8.15. The molecule has 0 unspecified atom stereocenters. The number of esters is 1. The first-order chi connectivity index (χ1) is 12.1. The minimum atomic E-state index is -0.529. The normalized spacial score (nSPS) is 17.4. The van der Waals surface area contributed by atoms with Crippen molar-refractivity contribution >= 4 is 5.97 Å². The number of halogens is 1. The van der Waals surface area contributed by atoms with Crippen molar-refractivity contribution in [1.82, 2.24) is 19.9 Å². The molecule has 25 heavy (non-hydrogen) atoms. The van der Waals surface area contributed by atoms with Crippen LogP contribution in [0.5, 0.6) is 0 Å². The molecule has 0 N–H and O–H groups in total. The lowest BCUT2D eigenvalue weighted by atomic mass is 10.0. The fourth-order valence-electron chi connectivity index (χ4n) is 3.03. The number of methoxy groups -OCH3 is 1. The van der Waals surface area contributed by atoms with Crippen LogP contribution in [0.1, 0.15) is 23.3 Å². The Morgan fingerprint density at radius 3 is 2.52 bits per heavy atom. The Bertz CT molecular complexity index is 711. The SMILES string of the molecule is COC(=O)[C@@H](c1ccc(F)cc1)N1CCN(Cc2nc(C)no2)CC1. The Labute approximate surface area is 145 Å². The third kappa shape index (κ3) is 4.21. The molecule has 1 aromatic carbocycles. The Kier molecular flexibility index (Phi) is 5.40. The molecule has 1 aromatic heterocycles. The number of carbonyl (C=O) groups is 1. The molecule has 0 amide bonds. The number of hydrogen-bond donors (Lipinski definition) is 0. The van der Waals surface area contributed by atoms with E-state index in [0.717, 1.165) is 18.7 Å². The van der Waals surface area contributed by atoms with Gasteiger partial charge in [-0.05, 0) is 24.6 Å². The maximum absolute atomic E-state index is 13.2. The molecule has 0 aliphatic carbocycles. The van der Waals surface area contributed by atoms with Crippen LogP contribution in [-0.4, -0.2) is 59.2 Å². The largest absolute Gasteiger partial charge is 0.468 e. The Hall–Kier alpha value is -2.32. The molecule has 7 nitrogen and oxygen atoms in total. The molecule has 134 valence electrons. The van der Waals surface area contributed by atoms with Crippen LogP contribution < -0.4 is 0 Å². The molecule has 2 aromatic rings. The monoisotopic (exact) mass is 348 g/mol. The highest BCUT2D eigenvalue weighted by Crippen LogP contribution is 2.24. The highest BCUT2D eigenvalue weighted by Gasteiger charge is 2.31. The van der Waals surface area contributed by atoms with E-state index in [4.69, 9.17) is 9.26 Å². The van der Waals surface area contributed by atoms with Gasteiger partial charge in [0.2, 0.25) is 5.89 Å². The molecule has 0 radical (unpaired) electrons. The summed E-state index contributed by atoms with van der Waals surface area (Å²) in [7, 11) is 1.37. The molecule has 1 atom stereocenters. The summed E-state index contributed by atoms with van der Waals surface area (Å²) in [5.41, 5.74) is 0.731. The fourth-order valence-corrected chi connectivity index (χ4v) is 3.03. The minimum Gasteiger partial charge on any atom is -0.468 e. The average Bonchev–Trinajstić information content (AvgIpc) is 3.03. The van der Waals surface area contributed by atoms with Gasteiger partial charge in [-0.1, -0.05) is 17.3 Å². The predicted molar refractivity (Wildman–Crippen MR) is 87.0 cm³/mol. The van der Waals surface area contributed by atoms with E-state index in [-0.39, 0.29) is 11.8 Å². The van der Waals surface area contributed by atoms with Crippen LogP contribution in [0.25, 0.3) is 0 Å². The van der Waals surface area contributed by atoms with Crippen molar-refractivity contribution in [2.45, 2.75) is 19.5 Å². The van der Waals surface area contributed by atoms with Gasteiger partial charge in [-0.2, -0.15) is 4.98 Å². The van der Waals surface area contributed by atoms with Crippen LogP contribution in [0.15, 0.2) is 28.8 Å². The first kappa shape index (κ1) is 17.5. The van der Waals surface area contributed by atoms with E-state index in [0.29, 0.717) is 31.3 Å². The summed E-state index contributed by atoms with van der Waals surface area (Å²) in [6, 6.07) is 5.45. The van der Waals surface area contributed by atoms with Gasteiger partial charge in [0.05, 0.1) is 13.7 Å². The van der Waals surface area contributed by atoms with E-state index in [9.17, 15) is 9.18 Å². The maximum atomic E-state index is 13.2. The van der Waals surface area contributed by atoms with E-state index in [1.165, 1.54) is 19.2 Å². The zero-order valence-electron chi connectivity index (χ0n) is 14.3.